The average Bonchev–Trinajstić information content (AvgIpc) is 2.86. The maximum absolute atomic E-state index is 6.39. The molecule has 2 heterocycles. The van der Waals surface area contributed by atoms with Gasteiger partial charge in [-0.1, -0.05) is 12.1 Å². The first kappa shape index (κ1) is 14.5. The van der Waals surface area contributed by atoms with E-state index in [-0.39, 0.29) is 12.1 Å². The van der Waals surface area contributed by atoms with Crippen LogP contribution >= 0.6 is 11.8 Å². The van der Waals surface area contributed by atoms with Crippen molar-refractivity contribution in [1.29, 1.82) is 0 Å². The summed E-state index contributed by atoms with van der Waals surface area (Å²) in [5.41, 5.74) is 8.63. The zero-order chi connectivity index (χ0) is 14.8. The van der Waals surface area contributed by atoms with Gasteiger partial charge < -0.3 is 10.5 Å². The molecule has 1 aliphatic heterocycles. The van der Waals surface area contributed by atoms with Gasteiger partial charge in [0, 0.05) is 35.3 Å². The summed E-state index contributed by atoms with van der Waals surface area (Å²) in [4.78, 5) is 1.20. The molecule has 0 saturated carbocycles. The summed E-state index contributed by atoms with van der Waals surface area (Å²) in [6.07, 6.45) is 0.840. The molecule has 0 radical (unpaired) electrons. The van der Waals surface area contributed by atoms with Crippen molar-refractivity contribution in [3.05, 3.63) is 41.7 Å². The number of nitrogens with two attached hydrogens (primary N) is 1. The van der Waals surface area contributed by atoms with Crippen LogP contribution in [0.25, 0.3) is 0 Å². The second-order valence-corrected chi connectivity index (χ2v) is 6.44. The van der Waals surface area contributed by atoms with Gasteiger partial charge in [-0.2, -0.15) is 5.10 Å². The number of hydrogen-bond donors (Lipinski definition) is 1. The number of rotatable bonds is 4. The molecule has 2 atom stereocenters. The molecule has 1 aliphatic rings. The summed E-state index contributed by atoms with van der Waals surface area (Å²) >= 11 is 1.82. The lowest BCUT2D eigenvalue weighted by Gasteiger charge is -2.29. The zero-order valence-corrected chi connectivity index (χ0v) is 13.3. The Morgan fingerprint density at radius 2 is 2.29 bits per heavy atom. The lowest BCUT2D eigenvalue weighted by Crippen LogP contribution is -2.44. The number of fused-ring (bicyclic) bond motifs is 1. The fraction of sp³-hybridized carbons (Fsp3) is 0.438. The minimum Gasteiger partial charge on any atom is -0.487 e. The molecule has 0 saturated heterocycles. The number of benzene rings is 1. The molecule has 1 aromatic heterocycles. The topological polar surface area (TPSA) is 53.1 Å². The van der Waals surface area contributed by atoms with E-state index in [1.807, 2.05) is 41.6 Å². The van der Waals surface area contributed by atoms with Crippen LogP contribution in [0.4, 0.5) is 0 Å². The molecular weight excluding hydrogens is 282 g/mol. The summed E-state index contributed by atoms with van der Waals surface area (Å²) < 4.78 is 8.10. The summed E-state index contributed by atoms with van der Waals surface area (Å²) in [6.45, 7) is 4.99. The van der Waals surface area contributed by atoms with Crippen LogP contribution in [0.5, 0.6) is 5.75 Å². The third-order valence-corrected chi connectivity index (χ3v) is 4.88. The quantitative estimate of drug-likeness (QED) is 0.943. The predicted octanol–water partition coefficient (Wildman–Crippen LogP) is 2.63. The number of aromatic nitrogens is 2. The van der Waals surface area contributed by atoms with Crippen molar-refractivity contribution in [2.24, 2.45) is 5.73 Å². The molecular formula is C16H21N3OS. The summed E-state index contributed by atoms with van der Waals surface area (Å²) in [5, 5.41) is 4.48. The van der Waals surface area contributed by atoms with Gasteiger partial charge in [-0.3, -0.25) is 4.68 Å². The number of hydrogen-bond acceptors (Lipinski definition) is 4. The van der Waals surface area contributed by atoms with Gasteiger partial charge in [0.05, 0.1) is 5.69 Å². The van der Waals surface area contributed by atoms with Crippen LogP contribution in [-0.4, -0.2) is 27.7 Å². The molecule has 0 bridgehead atoms. The molecule has 4 nitrogen and oxygen atoms in total. The second-order valence-electron chi connectivity index (χ2n) is 5.37. The van der Waals surface area contributed by atoms with E-state index >= 15 is 0 Å². The Labute approximate surface area is 129 Å². The highest BCUT2D eigenvalue weighted by Crippen LogP contribution is 2.35. The van der Waals surface area contributed by atoms with Crippen LogP contribution in [0.2, 0.25) is 0 Å². The normalized spacial score (nSPS) is 18.9. The van der Waals surface area contributed by atoms with Gasteiger partial charge in [0.1, 0.15) is 11.9 Å². The Hall–Kier alpha value is -1.46. The highest BCUT2D eigenvalue weighted by molar-refractivity contribution is 7.99. The smallest absolute Gasteiger partial charge is 0.133 e. The van der Waals surface area contributed by atoms with E-state index in [1.54, 1.807) is 0 Å². The molecule has 2 unspecified atom stereocenters. The molecule has 3 rings (SSSR count). The van der Waals surface area contributed by atoms with E-state index in [9.17, 15) is 0 Å². The first-order valence-corrected chi connectivity index (χ1v) is 8.33. The number of thioether (sulfide) groups is 1. The van der Waals surface area contributed by atoms with Crippen LogP contribution in [-0.2, 0) is 13.0 Å². The van der Waals surface area contributed by atoms with Crippen LogP contribution in [0.15, 0.2) is 35.2 Å². The maximum atomic E-state index is 6.39. The van der Waals surface area contributed by atoms with Crippen molar-refractivity contribution in [3.63, 3.8) is 0 Å². The highest BCUT2D eigenvalue weighted by atomic mass is 32.2. The molecule has 0 spiro atoms. The van der Waals surface area contributed by atoms with Crippen LogP contribution in [0.3, 0.4) is 0 Å². The molecule has 112 valence electrons. The van der Waals surface area contributed by atoms with Crippen molar-refractivity contribution in [3.8, 4) is 5.75 Å². The fourth-order valence-corrected chi connectivity index (χ4v) is 3.75. The zero-order valence-electron chi connectivity index (χ0n) is 12.5. The van der Waals surface area contributed by atoms with Gasteiger partial charge in [0.2, 0.25) is 0 Å². The summed E-state index contributed by atoms with van der Waals surface area (Å²) in [6, 6.07) is 10.2. The van der Waals surface area contributed by atoms with E-state index in [0.717, 1.165) is 30.2 Å². The highest BCUT2D eigenvalue weighted by Gasteiger charge is 2.26. The van der Waals surface area contributed by atoms with Crippen molar-refractivity contribution < 1.29 is 4.74 Å². The molecule has 2 aromatic rings. The number of ether oxygens (including phenoxy) is 1. The molecule has 0 aliphatic carbocycles. The van der Waals surface area contributed by atoms with Gasteiger partial charge in [0.25, 0.3) is 0 Å². The van der Waals surface area contributed by atoms with E-state index in [1.165, 1.54) is 10.6 Å². The molecule has 21 heavy (non-hydrogen) atoms. The maximum Gasteiger partial charge on any atom is 0.133 e. The third kappa shape index (κ3) is 3.09. The Balaban J connectivity index is 1.70. The lowest BCUT2D eigenvalue weighted by molar-refractivity contribution is 0.183. The van der Waals surface area contributed by atoms with Gasteiger partial charge in [0.15, 0.2) is 0 Å². The second kappa shape index (κ2) is 6.12. The summed E-state index contributed by atoms with van der Waals surface area (Å²) in [7, 11) is 0. The van der Waals surface area contributed by atoms with Gasteiger partial charge >= 0.3 is 0 Å². The molecule has 1 aromatic carbocycles. The van der Waals surface area contributed by atoms with E-state index < -0.39 is 0 Å². The third-order valence-electron chi connectivity index (χ3n) is 3.74. The van der Waals surface area contributed by atoms with Crippen molar-refractivity contribution in [2.75, 3.05) is 5.75 Å². The van der Waals surface area contributed by atoms with E-state index in [4.69, 9.17) is 10.5 Å². The van der Waals surface area contributed by atoms with Crippen LogP contribution < -0.4 is 10.5 Å². The molecule has 0 amide bonds. The van der Waals surface area contributed by atoms with Crippen molar-refractivity contribution >= 4 is 11.8 Å². The number of nitrogens with zero attached hydrogens (tertiary/aromatic N) is 2. The largest absolute Gasteiger partial charge is 0.487 e. The lowest BCUT2D eigenvalue weighted by atomic mass is 10.1. The van der Waals surface area contributed by atoms with E-state index in [0.29, 0.717) is 0 Å². The Morgan fingerprint density at radius 3 is 3.10 bits per heavy atom. The van der Waals surface area contributed by atoms with Crippen LogP contribution in [0.1, 0.15) is 18.3 Å². The SMILES string of the molecule is CCn1nc(C)cc1CC(N)C1CSc2ccccc2O1. The van der Waals surface area contributed by atoms with Gasteiger partial charge in [-0.15, -0.1) is 11.8 Å². The minimum absolute atomic E-state index is 0.0211. The van der Waals surface area contributed by atoms with Crippen molar-refractivity contribution in [2.45, 2.75) is 43.9 Å². The van der Waals surface area contributed by atoms with Gasteiger partial charge in [-0.25, -0.2) is 0 Å². The monoisotopic (exact) mass is 303 g/mol. The predicted molar refractivity (Wildman–Crippen MR) is 85.9 cm³/mol. The summed E-state index contributed by atoms with van der Waals surface area (Å²) in [5.74, 6) is 1.85. The van der Waals surface area contributed by atoms with Crippen molar-refractivity contribution in [1.82, 2.24) is 9.78 Å². The Bertz CT molecular complexity index is 626. The Morgan fingerprint density at radius 1 is 1.48 bits per heavy atom. The molecule has 5 heteroatoms. The van der Waals surface area contributed by atoms with Gasteiger partial charge in [-0.05, 0) is 32.0 Å². The standard InChI is InChI=1S/C16H21N3OS/c1-3-19-12(8-11(2)18-19)9-13(17)15-10-21-16-7-5-4-6-14(16)20-15/h4-8,13,15H,3,9-10,17H2,1-2H3. The first-order chi connectivity index (χ1) is 10.2. The van der Waals surface area contributed by atoms with E-state index in [2.05, 4.69) is 24.2 Å². The minimum atomic E-state index is -0.0211. The molecule has 2 N–H and O–H groups in total. The Kier molecular flexibility index (Phi) is 4.22. The van der Waals surface area contributed by atoms with Crippen LogP contribution in [0, 0.1) is 6.92 Å². The first-order valence-electron chi connectivity index (χ1n) is 7.34. The fourth-order valence-electron chi connectivity index (χ4n) is 2.66. The number of para-hydroxylation sites is 1. The molecule has 0 fully saturated rings. The number of aryl methyl sites for hydroxylation is 2. The average molecular weight is 303 g/mol.